The van der Waals surface area contributed by atoms with Crippen LogP contribution in [0.25, 0.3) is 0 Å². The molecule has 2 aromatic rings. The first-order valence-corrected chi connectivity index (χ1v) is 8.74. The van der Waals surface area contributed by atoms with Crippen LogP contribution in [0, 0.1) is 0 Å². The third-order valence-corrected chi connectivity index (χ3v) is 4.53. The van der Waals surface area contributed by atoms with E-state index in [9.17, 15) is 9.59 Å². The number of anilines is 1. The number of rotatable bonds is 4. The molecule has 1 amide bonds. The highest BCUT2D eigenvalue weighted by Gasteiger charge is 2.23. The quantitative estimate of drug-likeness (QED) is 0.895. The topological polar surface area (TPSA) is 78.1 Å². The molecule has 6 heteroatoms. The number of H-pyrrole nitrogens is 1. The van der Waals surface area contributed by atoms with Crippen molar-refractivity contribution in [3.05, 3.63) is 58.1 Å². The molecule has 1 fully saturated rings. The number of aromatic nitrogens is 2. The monoisotopic (exact) mass is 340 g/mol. The summed E-state index contributed by atoms with van der Waals surface area (Å²) in [6.45, 7) is 5.62. The lowest BCUT2D eigenvalue weighted by Crippen LogP contribution is -2.48. The van der Waals surface area contributed by atoms with Crippen LogP contribution < -0.4 is 15.8 Å². The number of carbonyl (C=O) groups excluding carboxylic acids is 1. The molecule has 2 N–H and O–H groups in total. The van der Waals surface area contributed by atoms with E-state index in [-0.39, 0.29) is 29.0 Å². The van der Waals surface area contributed by atoms with E-state index in [0.717, 1.165) is 30.9 Å². The zero-order valence-electron chi connectivity index (χ0n) is 14.7. The second-order valence-corrected chi connectivity index (χ2v) is 6.76. The Morgan fingerprint density at radius 1 is 1.32 bits per heavy atom. The van der Waals surface area contributed by atoms with E-state index in [1.165, 1.54) is 0 Å². The number of aromatic amines is 1. The second kappa shape index (κ2) is 7.51. The van der Waals surface area contributed by atoms with Crippen LogP contribution in [0.15, 0.2) is 41.3 Å². The van der Waals surface area contributed by atoms with Gasteiger partial charge in [-0.05, 0) is 43.0 Å². The fourth-order valence-electron chi connectivity index (χ4n) is 3.11. The maximum atomic E-state index is 12.5. The normalized spacial score (nSPS) is 17.6. The molecule has 0 saturated carbocycles. The van der Waals surface area contributed by atoms with Gasteiger partial charge in [-0.2, -0.15) is 0 Å². The summed E-state index contributed by atoms with van der Waals surface area (Å²) in [4.78, 5) is 34.0. The van der Waals surface area contributed by atoms with Crippen LogP contribution in [-0.4, -0.2) is 35.0 Å². The highest BCUT2D eigenvalue weighted by Crippen LogP contribution is 2.17. The number of carbonyl (C=O) groups is 1. The molecule has 132 valence electrons. The molecule has 3 heterocycles. The van der Waals surface area contributed by atoms with Crippen molar-refractivity contribution in [1.29, 1.82) is 0 Å². The van der Waals surface area contributed by atoms with Crippen LogP contribution >= 0.6 is 0 Å². The summed E-state index contributed by atoms with van der Waals surface area (Å²) < 4.78 is 0. The van der Waals surface area contributed by atoms with E-state index in [1.54, 1.807) is 12.3 Å². The first-order chi connectivity index (χ1) is 12.0. The number of hydrogen-bond acceptors (Lipinski definition) is 4. The van der Waals surface area contributed by atoms with Gasteiger partial charge in [0.15, 0.2) is 0 Å². The van der Waals surface area contributed by atoms with Crippen LogP contribution in [0.1, 0.15) is 48.7 Å². The molecule has 0 aromatic carbocycles. The van der Waals surface area contributed by atoms with Crippen molar-refractivity contribution in [2.45, 2.75) is 38.6 Å². The van der Waals surface area contributed by atoms with E-state index in [4.69, 9.17) is 0 Å². The first kappa shape index (κ1) is 17.2. The molecule has 1 aliphatic heterocycles. The van der Waals surface area contributed by atoms with Crippen molar-refractivity contribution in [3.63, 3.8) is 0 Å². The van der Waals surface area contributed by atoms with E-state index in [1.807, 2.05) is 38.1 Å². The minimum Gasteiger partial charge on any atom is -0.355 e. The van der Waals surface area contributed by atoms with Gasteiger partial charge in [-0.15, -0.1) is 0 Å². The maximum Gasteiger partial charge on any atom is 0.261 e. The number of nitrogens with zero attached hydrogens (tertiary/aromatic N) is 2. The van der Waals surface area contributed by atoms with Crippen LogP contribution in [0.5, 0.6) is 0 Å². The van der Waals surface area contributed by atoms with Gasteiger partial charge in [0.1, 0.15) is 11.4 Å². The van der Waals surface area contributed by atoms with E-state index in [2.05, 4.69) is 20.2 Å². The summed E-state index contributed by atoms with van der Waals surface area (Å²) in [5.41, 5.74) is 0.668. The summed E-state index contributed by atoms with van der Waals surface area (Å²) in [7, 11) is 0. The molecule has 0 unspecified atom stereocenters. The summed E-state index contributed by atoms with van der Waals surface area (Å²) in [6.07, 6.45) is 3.65. The fraction of sp³-hybridized carbons (Fsp3) is 0.421. The Bertz CT molecular complexity index is 786. The minimum atomic E-state index is -0.332. The Labute approximate surface area is 147 Å². The van der Waals surface area contributed by atoms with Crippen LogP contribution in [0.4, 0.5) is 5.82 Å². The van der Waals surface area contributed by atoms with Gasteiger partial charge in [-0.1, -0.05) is 19.9 Å². The van der Waals surface area contributed by atoms with Crippen LogP contribution in [0.2, 0.25) is 0 Å². The fourth-order valence-corrected chi connectivity index (χ4v) is 3.11. The molecule has 3 rings (SSSR count). The van der Waals surface area contributed by atoms with Crippen molar-refractivity contribution in [1.82, 2.24) is 15.3 Å². The third kappa shape index (κ3) is 4.07. The molecule has 1 aliphatic rings. The average molecular weight is 340 g/mol. The van der Waals surface area contributed by atoms with E-state index >= 15 is 0 Å². The highest BCUT2D eigenvalue weighted by molar-refractivity contribution is 5.94. The molecule has 1 saturated heterocycles. The van der Waals surface area contributed by atoms with Gasteiger partial charge >= 0.3 is 0 Å². The van der Waals surface area contributed by atoms with Gasteiger partial charge in [0, 0.05) is 31.0 Å². The lowest BCUT2D eigenvalue weighted by Gasteiger charge is -2.33. The Hall–Kier alpha value is -2.63. The van der Waals surface area contributed by atoms with Crippen molar-refractivity contribution in [2.24, 2.45) is 0 Å². The lowest BCUT2D eigenvalue weighted by atomic mass is 10.0. The standard InChI is InChI=1S/C19H24N4O2/c1-13(2)16-9-8-15(19(25)22-16)18(24)21-14-6-5-11-23(12-14)17-7-3-4-10-20-17/h3-4,7-10,13-14H,5-6,11-12H2,1-2H3,(H,21,24)(H,22,25)/t14-/m0/s1. The average Bonchev–Trinajstić information content (AvgIpc) is 2.62. The number of amides is 1. The Morgan fingerprint density at radius 3 is 2.84 bits per heavy atom. The smallest absolute Gasteiger partial charge is 0.261 e. The van der Waals surface area contributed by atoms with Gasteiger partial charge in [0.2, 0.25) is 0 Å². The second-order valence-electron chi connectivity index (χ2n) is 6.76. The van der Waals surface area contributed by atoms with E-state index < -0.39 is 0 Å². The third-order valence-electron chi connectivity index (χ3n) is 4.53. The Morgan fingerprint density at radius 2 is 2.16 bits per heavy atom. The Balaban J connectivity index is 1.67. The maximum absolute atomic E-state index is 12.5. The summed E-state index contributed by atoms with van der Waals surface area (Å²) >= 11 is 0. The summed E-state index contributed by atoms with van der Waals surface area (Å²) in [5, 5.41) is 3.00. The molecule has 2 aromatic heterocycles. The van der Waals surface area contributed by atoms with Gasteiger partial charge in [0.25, 0.3) is 11.5 Å². The lowest BCUT2D eigenvalue weighted by molar-refractivity contribution is 0.0931. The Kier molecular flexibility index (Phi) is 5.16. The zero-order chi connectivity index (χ0) is 17.8. The molecule has 1 atom stereocenters. The number of hydrogen-bond donors (Lipinski definition) is 2. The predicted molar refractivity (Wildman–Crippen MR) is 98.1 cm³/mol. The molecule has 0 spiro atoms. The largest absolute Gasteiger partial charge is 0.355 e. The summed E-state index contributed by atoms with van der Waals surface area (Å²) in [5.74, 6) is 0.820. The zero-order valence-corrected chi connectivity index (χ0v) is 14.7. The molecule has 0 bridgehead atoms. The van der Waals surface area contributed by atoms with Crippen LogP contribution in [0.3, 0.4) is 0 Å². The SMILES string of the molecule is CC(C)c1ccc(C(=O)N[C@H]2CCCN(c3ccccn3)C2)c(=O)[nH]1. The first-order valence-electron chi connectivity index (χ1n) is 8.74. The predicted octanol–water partition coefficient (Wildman–Crippen LogP) is 2.29. The van der Waals surface area contributed by atoms with Gasteiger partial charge in [0.05, 0.1) is 0 Å². The molecule has 25 heavy (non-hydrogen) atoms. The van der Waals surface area contributed by atoms with Crippen LogP contribution in [-0.2, 0) is 0 Å². The van der Waals surface area contributed by atoms with Gasteiger partial charge < -0.3 is 15.2 Å². The minimum absolute atomic E-state index is 0.00688. The molecule has 0 radical (unpaired) electrons. The van der Waals surface area contributed by atoms with Crippen molar-refractivity contribution >= 4 is 11.7 Å². The number of nitrogens with one attached hydrogen (secondary N) is 2. The molecular weight excluding hydrogens is 316 g/mol. The van der Waals surface area contributed by atoms with E-state index in [0.29, 0.717) is 6.54 Å². The molecule has 0 aliphatic carbocycles. The van der Waals surface area contributed by atoms with Gasteiger partial charge in [-0.25, -0.2) is 4.98 Å². The van der Waals surface area contributed by atoms with Crippen molar-refractivity contribution in [2.75, 3.05) is 18.0 Å². The number of piperidine rings is 1. The summed E-state index contributed by atoms with van der Waals surface area (Å²) in [6, 6.07) is 9.25. The van der Waals surface area contributed by atoms with Crippen molar-refractivity contribution in [3.8, 4) is 0 Å². The molecular formula is C19H24N4O2. The molecule has 6 nitrogen and oxygen atoms in total. The van der Waals surface area contributed by atoms with Gasteiger partial charge in [-0.3, -0.25) is 9.59 Å². The van der Waals surface area contributed by atoms with Crippen molar-refractivity contribution < 1.29 is 4.79 Å². The highest BCUT2D eigenvalue weighted by atomic mass is 16.2. The number of pyridine rings is 2.